The average molecular weight is 128 g/mol. The fraction of sp³-hybridized carbons (Fsp3) is 0.333. The van der Waals surface area contributed by atoms with Crippen molar-refractivity contribution in [2.75, 3.05) is 13.9 Å². The summed E-state index contributed by atoms with van der Waals surface area (Å²) in [6, 6.07) is 0. The number of hydrogen-bond acceptors (Lipinski definition) is 3. The van der Waals surface area contributed by atoms with Crippen molar-refractivity contribution < 1.29 is 14.3 Å². The monoisotopic (exact) mass is 128 g/mol. The van der Waals surface area contributed by atoms with E-state index in [4.69, 9.17) is 0 Å². The predicted octanol–water partition coefficient (Wildman–Crippen LogP) is 0.475. The van der Waals surface area contributed by atoms with Crippen LogP contribution in [0.5, 0.6) is 0 Å². The smallest absolute Gasteiger partial charge is 0.340 e. The highest BCUT2D eigenvalue weighted by Gasteiger charge is 1.91. The Balaban J connectivity index is 3.39. The van der Waals surface area contributed by atoms with E-state index in [9.17, 15) is 4.79 Å². The van der Waals surface area contributed by atoms with E-state index in [0.717, 1.165) is 6.08 Å². The molecule has 0 aliphatic heterocycles. The fourth-order valence-corrected chi connectivity index (χ4v) is 0.242. The van der Waals surface area contributed by atoms with E-state index in [2.05, 4.69) is 21.8 Å². The minimum absolute atomic E-state index is 0.0307. The number of ether oxygens (including phenoxy) is 2. The highest BCUT2D eigenvalue weighted by atomic mass is 16.7. The first kappa shape index (κ1) is 7.95. The van der Waals surface area contributed by atoms with Crippen molar-refractivity contribution in [2.45, 2.75) is 0 Å². The van der Waals surface area contributed by atoms with Crippen LogP contribution in [0.15, 0.2) is 18.4 Å². The lowest BCUT2D eigenvalue weighted by atomic mass is 10.6. The van der Waals surface area contributed by atoms with E-state index in [1.54, 1.807) is 0 Å². The topological polar surface area (TPSA) is 35.5 Å². The van der Waals surface area contributed by atoms with Crippen LogP contribution in [0.3, 0.4) is 0 Å². The van der Waals surface area contributed by atoms with Gasteiger partial charge in [0.05, 0.1) is 6.08 Å². The molecule has 50 valence electrons. The van der Waals surface area contributed by atoms with E-state index < -0.39 is 5.97 Å². The average Bonchev–Trinajstić information content (AvgIpc) is 1.85. The van der Waals surface area contributed by atoms with Crippen LogP contribution in [0.25, 0.3) is 0 Å². The summed E-state index contributed by atoms with van der Waals surface area (Å²) in [7, 11) is 1.44. The summed E-state index contributed by atoms with van der Waals surface area (Å²) in [4.78, 5) is 10.3. The van der Waals surface area contributed by atoms with Gasteiger partial charge in [0.25, 0.3) is 0 Å². The van der Waals surface area contributed by atoms with Crippen molar-refractivity contribution in [2.24, 2.45) is 0 Å². The lowest BCUT2D eigenvalue weighted by Gasteiger charge is -1.95. The van der Waals surface area contributed by atoms with Crippen LogP contribution in [-0.2, 0) is 14.3 Å². The maximum absolute atomic E-state index is 10.3. The van der Waals surface area contributed by atoms with E-state index >= 15 is 0 Å². The standard InChI is InChI=1S/C6H8O3/c1-3-4-6(7)9-5-8-2/h4H,1,5H2,2H3. The summed E-state index contributed by atoms with van der Waals surface area (Å²) in [6.07, 6.45) is 1.10. The highest BCUT2D eigenvalue weighted by molar-refractivity contribution is 5.81. The van der Waals surface area contributed by atoms with Crippen LogP contribution < -0.4 is 0 Å². The van der Waals surface area contributed by atoms with Gasteiger partial charge in [-0.3, -0.25) is 0 Å². The molecule has 0 aromatic rings. The van der Waals surface area contributed by atoms with Crippen LogP contribution in [0, 0.1) is 0 Å². The van der Waals surface area contributed by atoms with Gasteiger partial charge in [-0.25, -0.2) is 4.79 Å². The van der Waals surface area contributed by atoms with Gasteiger partial charge in [-0.2, -0.15) is 0 Å². The second kappa shape index (κ2) is 5.09. The Morgan fingerprint density at radius 2 is 2.56 bits per heavy atom. The molecule has 0 aromatic heterocycles. The third-order valence-electron chi connectivity index (χ3n) is 0.539. The zero-order valence-electron chi connectivity index (χ0n) is 5.22. The molecule has 3 heteroatoms. The Morgan fingerprint density at radius 1 is 1.89 bits per heavy atom. The molecular weight excluding hydrogens is 120 g/mol. The minimum atomic E-state index is -0.494. The molecule has 0 aliphatic rings. The van der Waals surface area contributed by atoms with Gasteiger partial charge in [-0.05, 0) is 0 Å². The van der Waals surface area contributed by atoms with E-state index in [1.165, 1.54) is 7.11 Å². The maximum atomic E-state index is 10.3. The van der Waals surface area contributed by atoms with Gasteiger partial charge in [0.2, 0.25) is 0 Å². The molecule has 0 fully saturated rings. The Labute approximate surface area is 53.6 Å². The van der Waals surface area contributed by atoms with Gasteiger partial charge in [0, 0.05) is 7.11 Å². The SMILES string of the molecule is C=C=CC(=O)OCOC. The van der Waals surface area contributed by atoms with E-state index in [-0.39, 0.29) is 6.79 Å². The summed E-state index contributed by atoms with van der Waals surface area (Å²) in [5.74, 6) is -0.494. The summed E-state index contributed by atoms with van der Waals surface area (Å²) < 4.78 is 8.86. The molecule has 0 radical (unpaired) electrons. The third-order valence-corrected chi connectivity index (χ3v) is 0.539. The second-order valence-electron chi connectivity index (χ2n) is 1.22. The number of methoxy groups -OCH3 is 1. The zero-order chi connectivity index (χ0) is 7.11. The molecule has 0 unspecified atom stereocenters. The Bertz CT molecular complexity index is 133. The van der Waals surface area contributed by atoms with Crippen LogP contribution in [0.4, 0.5) is 0 Å². The van der Waals surface area contributed by atoms with Crippen molar-refractivity contribution in [1.29, 1.82) is 0 Å². The molecular formula is C6H8O3. The summed E-state index contributed by atoms with van der Waals surface area (Å²) >= 11 is 0. The minimum Gasteiger partial charge on any atom is -0.435 e. The Kier molecular flexibility index (Phi) is 4.50. The Hall–Kier alpha value is -1.05. The van der Waals surface area contributed by atoms with Gasteiger partial charge >= 0.3 is 5.97 Å². The normalized spacial score (nSPS) is 7.67. The second-order valence-corrected chi connectivity index (χ2v) is 1.22. The van der Waals surface area contributed by atoms with Crippen molar-refractivity contribution in [3.8, 4) is 0 Å². The Morgan fingerprint density at radius 3 is 3.00 bits per heavy atom. The number of hydrogen-bond donors (Lipinski definition) is 0. The quantitative estimate of drug-likeness (QED) is 0.240. The third kappa shape index (κ3) is 4.81. The number of carbonyl (C=O) groups is 1. The first-order chi connectivity index (χ1) is 4.31. The molecule has 0 aromatic carbocycles. The first-order valence-electron chi connectivity index (χ1n) is 2.32. The number of rotatable bonds is 3. The van der Waals surface area contributed by atoms with Crippen molar-refractivity contribution >= 4 is 5.97 Å². The highest BCUT2D eigenvalue weighted by Crippen LogP contribution is 1.78. The van der Waals surface area contributed by atoms with Crippen molar-refractivity contribution in [1.82, 2.24) is 0 Å². The summed E-state index contributed by atoms with van der Waals surface area (Å²) in [5, 5.41) is 0. The van der Waals surface area contributed by atoms with Crippen LogP contribution in [-0.4, -0.2) is 19.9 Å². The number of carbonyl (C=O) groups excluding carboxylic acids is 1. The van der Waals surface area contributed by atoms with Crippen LogP contribution >= 0.6 is 0 Å². The molecule has 0 spiro atoms. The van der Waals surface area contributed by atoms with Gasteiger partial charge < -0.3 is 9.47 Å². The molecule has 0 N–H and O–H groups in total. The first-order valence-corrected chi connectivity index (χ1v) is 2.32. The molecule has 0 aliphatic carbocycles. The molecule has 0 atom stereocenters. The molecule has 0 saturated carbocycles. The van der Waals surface area contributed by atoms with E-state index in [0.29, 0.717) is 0 Å². The molecule has 3 nitrogen and oxygen atoms in total. The molecule has 0 saturated heterocycles. The van der Waals surface area contributed by atoms with Gasteiger partial charge in [0.15, 0.2) is 6.79 Å². The number of esters is 1. The summed E-state index contributed by atoms with van der Waals surface area (Å²) in [5.41, 5.74) is 2.27. The predicted molar refractivity (Wildman–Crippen MR) is 31.7 cm³/mol. The van der Waals surface area contributed by atoms with Crippen molar-refractivity contribution in [3.05, 3.63) is 18.4 Å². The van der Waals surface area contributed by atoms with Gasteiger partial charge in [-0.1, -0.05) is 6.58 Å². The molecule has 0 heterocycles. The molecule has 0 bridgehead atoms. The van der Waals surface area contributed by atoms with E-state index in [1.807, 2.05) is 0 Å². The van der Waals surface area contributed by atoms with Crippen molar-refractivity contribution in [3.63, 3.8) is 0 Å². The maximum Gasteiger partial charge on any atom is 0.340 e. The zero-order valence-corrected chi connectivity index (χ0v) is 5.22. The van der Waals surface area contributed by atoms with Crippen LogP contribution in [0.1, 0.15) is 0 Å². The van der Waals surface area contributed by atoms with Gasteiger partial charge in [-0.15, -0.1) is 5.73 Å². The molecule has 0 rings (SSSR count). The van der Waals surface area contributed by atoms with Gasteiger partial charge in [0.1, 0.15) is 0 Å². The lowest BCUT2D eigenvalue weighted by Crippen LogP contribution is -2.02. The lowest BCUT2D eigenvalue weighted by molar-refractivity contribution is -0.147. The fourth-order valence-electron chi connectivity index (χ4n) is 0.242. The largest absolute Gasteiger partial charge is 0.435 e. The van der Waals surface area contributed by atoms with Crippen LogP contribution in [0.2, 0.25) is 0 Å². The summed E-state index contributed by atoms with van der Waals surface area (Å²) in [6.45, 7) is 3.16. The molecule has 9 heavy (non-hydrogen) atoms. The molecule has 0 amide bonds.